The zero-order valence-corrected chi connectivity index (χ0v) is 16.4. The predicted molar refractivity (Wildman–Crippen MR) is 109 cm³/mol. The molecule has 5 nitrogen and oxygen atoms in total. The summed E-state index contributed by atoms with van der Waals surface area (Å²) >= 11 is 5.63. The van der Waals surface area contributed by atoms with Gasteiger partial charge in [0.1, 0.15) is 4.99 Å². The van der Waals surface area contributed by atoms with Gasteiger partial charge in [-0.1, -0.05) is 31.5 Å². The minimum atomic E-state index is -0.0665. The molecule has 1 aliphatic heterocycles. The Balaban J connectivity index is 1.62. The van der Waals surface area contributed by atoms with Crippen LogP contribution in [0.25, 0.3) is 0 Å². The zero-order chi connectivity index (χ0) is 18.4. The van der Waals surface area contributed by atoms with Gasteiger partial charge in [0.15, 0.2) is 0 Å². The molecule has 1 aromatic carbocycles. The Morgan fingerprint density at radius 2 is 1.81 bits per heavy atom. The van der Waals surface area contributed by atoms with Gasteiger partial charge in [-0.25, -0.2) is 0 Å². The molecule has 1 heterocycles. The normalized spacial score (nSPS) is 20.3. The molecule has 0 atom stereocenters. The van der Waals surface area contributed by atoms with Crippen molar-refractivity contribution in [3.8, 4) is 0 Å². The van der Waals surface area contributed by atoms with Crippen molar-refractivity contribution in [3.05, 3.63) is 29.8 Å². The van der Waals surface area contributed by atoms with E-state index in [0.717, 1.165) is 49.1 Å². The first kappa shape index (κ1) is 19.3. The van der Waals surface area contributed by atoms with Crippen LogP contribution in [-0.2, 0) is 9.53 Å². The molecular formula is C20H29N3O2S. The van der Waals surface area contributed by atoms with Crippen molar-refractivity contribution in [3.63, 3.8) is 0 Å². The van der Waals surface area contributed by atoms with Gasteiger partial charge < -0.3 is 15.4 Å². The van der Waals surface area contributed by atoms with Crippen LogP contribution in [0.2, 0.25) is 0 Å². The minimum absolute atomic E-state index is 0.0665. The van der Waals surface area contributed by atoms with E-state index in [0.29, 0.717) is 0 Å². The van der Waals surface area contributed by atoms with Crippen LogP contribution in [0, 0.1) is 0 Å². The lowest BCUT2D eigenvalue weighted by Crippen LogP contribution is -2.59. The Morgan fingerprint density at radius 1 is 1.15 bits per heavy atom. The molecule has 1 aliphatic carbocycles. The first-order valence-electron chi connectivity index (χ1n) is 9.58. The summed E-state index contributed by atoms with van der Waals surface area (Å²) in [6.07, 6.45) is 6.36. The lowest BCUT2D eigenvalue weighted by atomic mass is 9.79. The van der Waals surface area contributed by atoms with Crippen molar-refractivity contribution in [1.29, 1.82) is 0 Å². The third-order valence-corrected chi connectivity index (χ3v) is 5.89. The fourth-order valence-corrected chi connectivity index (χ4v) is 4.32. The number of hydrogen-bond donors (Lipinski definition) is 2. The number of thiocarbonyl (C=S) groups is 1. The second kappa shape index (κ2) is 8.93. The Bertz CT molecular complexity index is 620. The van der Waals surface area contributed by atoms with Crippen LogP contribution >= 0.6 is 12.2 Å². The highest BCUT2D eigenvalue weighted by molar-refractivity contribution is 7.80. The third kappa shape index (κ3) is 4.81. The van der Waals surface area contributed by atoms with E-state index in [1.54, 1.807) is 0 Å². The Labute approximate surface area is 161 Å². The first-order valence-corrected chi connectivity index (χ1v) is 9.99. The van der Waals surface area contributed by atoms with E-state index >= 15 is 0 Å². The van der Waals surface area contributed by atoms with Gasteiger partial charge in [0.25, 0.3) is 0 Å². The van der Waals surface area contributed by atoms with Crippen molar-refractivity contribution < 1.29 is 9.53 Å². The summed E-state index contributed by atoms with van der Waals surface area (Å²) in [6.45, 7) is 6.09. The molecule has 1 saturated heterocycles. The summed E-state index contributed by atoms with van der Waals surface area (Å²) in [4.78, 5) is 14.5. The molecule has 3 rings (SSSR count). The number of nitrogens with zero attached hydrogens (tertiary/aromatic N) is 1. The van der Waals surface area contributed by atoms with Crippen molar-refractivity contribution >= 4 is 28.8 Å². The standard InChI is InChI=1S/C20H29N3O2S/c1-16(24)22-18-7-5-17(6-8-18)19(26)21-15-20(9-3-2-4-10-20)23-11-13-25-14-12-23/h5-8H,2-4,9-15H2,1H3,(H,21,26)(H,22,24). The van der Waals surface area contributed by atoms with Gasteiger partial charge in [0.05, 0.1) is 13.2 Å². The fraction of sp³-hybridized carbons (Fsp3) is 0.600. The number of carbonyl (C=O) groups excluding carboxylic acids is 1. The van der Waals surface area contributed by atoms with Gasteiger partial charge in [-0.2, -0.15) is 0 Å². The molecule has 0 bridgehead atoms. The van der Waals surface area contributed by atoms with E-state index in [1.165, 1.54) is 39.0 Å². The molecule has 0 spiro atoms. The highest BCUT2D eigenvalue weighted by atomic mass is 32.1. The van der Waals surface area contributed by atoms with Crippen molar-refractivity contribution in [1.82, 2.24) is 10.2 Å². The number of amides is 1. The van der Waals surface area contributed by atoms with Crippen LogP contribution < -0.4 is 10.6 Å². The van der Waals surface area contributed by atoms with Crippen molar-refractivity contribution in [2.24, 2.45) is 0 Å². The van der Waals surface area contributed by atoms with Gasteiger partial charge in [0.2, 0.25) is 5.91 Å². The van der Waals surface area contributed by atoms with Crippen molar-refractivity contribution in [2.75, 3.05) is 38.2 Å². The third-order valence-electron chi connectivity index (χ3n) is 5.51. The lowest BCUT2D eigenvalue weighted by Gasteiger charge is -2.48. The maximum Gasteiger partial charge on any atom is 0.221 e. The fourth-order valence-electron chi connectivity index (χ4n) is 4.11. The van der Waals surface area contributed by atoms with Crippen LogP contribution in [0.1, 0.15) is 44.6 Å². The number of ether oxygens (including phenoxy) is 1. The average Bonchev–Trinajstić information content (AvgIpc) is 2.68. The summed E-state index contributed by atoms with van der Waals surface area (Å²) < 4.78 is 5.55. The Morgan fingerprint density at radius 3 is 2.42 bits per heavy atom. The van der Waals surface area contributed by atoms with Crippen LogP contribution in [-0.4, -0.2) is 54.2 Å². The van der Waals surface area contributed by atoms with Crippen LogP contribution in [0.4, 0.5) is 5.69 Å². The maximum atomic E-state index is 11.1. The highest BCUT2D eigenvalue weighted by Crippen LogP contribution is 2.34. The molecule has 1 saturated carbocycles. The van der Waals surface area contributed by atoms with E-state index in [9.17, 15) is 4.79 Å². The van der Waals surface area contributed by atoms with Crippen LogP contribution in [0.3, 0.4) is 0 Å². The van der Waals surface area contributed by atoms with E-state index in [-0.39, 0.29) is 11.4 Å². The number of rotatable bonds is 5. The van der Waals surface area contributed by atoms with Gasteiger partial charge >= 0.3 is 0 Å². The first-order chi connectivity index (χ1) is 12.6. The Kier molecular flexibility index (Phi) is 6.62. The second-order valence-electron chi connectivity index (χ2n) is 7.33. The smallest absolute Gasteiger partial charge is 0.221 e. The topological polar surface area (TPSA) is 53.6 Å². The molecule has 0 aromatic heterocycles. The molecule has 2 fully saturated rings. The molecular weight excluding hydrogens is 346 g/mol. The SMILES string of the molecule is CC(=O)Nc1ccc(C(=S)NCC2(N3CCOCC3)CCCCC2)cc1. The molecule has 142 valence electrons. The largest absolute Gasteiger partial charge is 0.379 e. The summed E-state index contributed by atoms with van der Waals surface area (Å²) in [7, 11) is 0. The predicted octanol–water partition coefficient (Wildman–Crippen LogP) is 2.95. The van der Waals surface area contributed by atoms with Crippen LogP contribution in [0.15, 0.2) is 24.3 Å². The molecule has 2 aliphatic rings. The Hall–Kier alpha value is -1.50. The average molecular weight is 376 g/mol. The van der Waals surface area contributed by atoms with E-state index in [2.05, 4.69) is 15.5 Å². The minimum Gasteiger partial charge on any atom is -0.379 e. The number of hydrogen-bond acceptors (Lipinski definition) is 4. The summed E-state index contributed by atoms with van der Waals surface area (Å²) in [5.74, 6) is -0.0665. The molecule has 0 unspecified atom stereocenters. The number of morpholine rings is 1. The monoisotopic (exact) mass is 375 g/mol. The summed E-state index contributed by atoms with van der Waals surface area (Å²) in [5, 5.41) is 6.31. The quantitative estimate of drug-likeness (QED) is 0.775. The van der Waals surface area contributed by atoms with Gasteiger partial charge in [-0.15, -0.1) is 0 Å². The maximum absolute atomic E-state index is 11.1. The molecule has 1 amide bonds. The number of carbonyl (C=O) groups is 1. The van der Waals surface area contributed by atoms with Crippen molar-refractivity contribution in [2.45, 2.75) is 44.6 Å². The second-order valence-corrected chi connectivity index (χ2v) is 7.73. The molecule has 0 radical (unpaired) electrons. The molecule has 6 heteroatoms. The number of anilines is 1. The van der Waals surface area contributed by atoms with Gasteiger partial charge in [-0.05, 0) is 37.1 Å². The van der Waals surface area contributed by atoms with Gasteiger partial charge in [0, 0.05) is 43.3 Å². The van der Waals surface area contributed by atoms with Crippen LogP contribution in [0.5, 0.6) is 0 Å². The van der Waals surface area contributed by atoms with E-state index in [1.807, 2.05) is 24.3 Å². The zero-order valence-electron chi connectivity index (χ0n) is 15.6. The number of nitrogens with one attached hydrogen (secondary N) is 2. The van der Waals surface area contributed by atoms with E-state index < -0.39 is 0 Å². The lowest BCUT2D eigenvalue weighted by molar-refractivity contribution is -0.114. The highest BCUT2D eigenvalue weighted by Gasteiger charge is 2.38. The van der Waals surface area contributed by atoms with E-state index in [4.69, 9.17) is 17.0 Å². The molecule has 1 aromatic rings. The summed E-state index contributed by atoms with van der Waals surface area (Å²) in [5.41, 5.74) is 1.98. The molecule has 2 N–H and O–H groups in total. The van der Waals surface area contributed by atoms with Gasteiger partial charge in [-0.3, -0.25) is 9.69 Å². The molecule has 26 heavy (non-hydrogen) atoms. The number of benzene rings is 1. The summed E-state index contributed by atoms with van der Waals surface area (Å²) in [6, 6.07) is 7.71.